The number of primary amides is 1. The van der Waals surface area contributed by atoms with E-state index in [1.807, 2.05) is 81.5 Å². The first kappa shape index (κ1) is 28.3. The number of fused-ring (bicyclic) bond motifs is 2. The van der Waals surface area contributed by atoms with Crippen molar-refractivity contribution in [2.24, 2.45) is 11.7 Å². The van der Waals surface area contributed by atoms with Crippen molar-refractivity contribution in [1.29, 1.82) is 0 Å². The SMILES string of the molecule is C/C=C\C.CC(C)Cc1ccc(C(C)C(=O)SC2Cc3ccccc3N(C(N)=O)c3ccccc32)cc1. The molecule has 0 fully saturated rings. The Morgan fingerprint density at radius 2 is 1.51 bits per heavy atom. The number of nitrogens with two attached hydrogens (primary N) is 1. The second kappa shape index (κ2) is 13.3. The lowest BCUT2D eigenvalue weighted by atomic mass is 9.97. The lowest BCUT2D eigenvalue weighted by Crippen LogP contribution is -2.32. The number of nitrogens with zero attached hydrogens (tertiary/aromatic N) is 1. The van der Waals surface area contributed by atoms with Crippen molar-refractivity contribution in [3.8, 4) is 0 Å². The van der Waals surface area contributed by atoms with Gasteiger partial charge in [-0.3, -0.25) is 9.69 Å². The number of allylic oxidation sites excluding steroid dienone is 2. The fourth-order valence-electron chi connectivity index (χ4n) is 4.44. The first-order chi connectivity index (χ1) is 17.8. The van der Waals surface area contributed by atoms with Gasteiger partial charge in [-0.05, 0) is 67.0 Å². The van der Waals surface area contributed by atoms with Crippen LogP contribution in [0.25, 0.3) is 0 Å². The minimum absolute atomic E-state index is 0.109. The highest BCUT2D eigenvalue weighted by molar-refractivity contribution is 8.13. The van der Waals surface area contributed by atoms with Crippen LogP contribution in [0.2, 0.25) is 0 Å². The predicted octanol–water partition coefficient (Wildman–Crippen LogP) is 8.35. The van der Waals surface area contributed by atoms with Crippen molar-refractivity contribution < 1.29 is 9.59 Å². The number of thioether (sulfide) groups is 1. The van der Waals surface area contributed by atoms with E-state index in [2.05, 4.69) is 38.1 Å². The molecule has 0 aromatic heterocycles. The molecule has 2 amide bonds. The monoisotopic (exact) mass is 514 g/mol. The summed E-state index contributed by atoms with van der Waals surface area (Å²) in [6, 6.07) is 23.4. The quantitative estimate of drug-likeness (QED) is 0.348. The van der Waals surface area contributed by atoms with Crippen molar-refractivity contribution >= 4 is 34.3 Å². The minimum Gasteiger partial charge on any atom is -0.351 e. The number of benzene rings is 3. The van der Waals surface area contributed by atoms with Crippen LogP contribution in [0.3, 0.4) is 0 Å². The normalized spacial score (nSPS) is 15.3. The van der Waals surface area contributed by atoms with E-state index in [9.17, 15) is 9.59 Å². The molecule has 1 heterocycles. The zero-order valence-corrected chi connectivity index (χ0v) is 23.3. The van der Waals surface area contributed by atoms with E-state index >= 15 is 0 Å². The molecule has 1 aliphatic rings. The van der Waals surface area contributed by atoms with Crippen LogP contribution < -0.4 is 10.6 Å². The number of hydrogen-bond acceptors (Lipinski definition) is 3. The van der Waals surface area contributed by atoms with E-state index in [0.717, 1.165) is 34.5 Å². The molecule has 4 nitrogen and oxygen atoms in total. The van der Waals surface area contributed by atoms with Crippen molar-refractivity contribution in [1.82, 2.24) is 0 Å². The van der Waals surface area contributed by atoms with Crippen LogP contribution in [0, 0.1) is 5.92 Å². The fourth-order valence-corrected chi connectivity index (χ4v) is 5.65. The number of amides is 2. The molecular weight excluding hydrogens is 476 g/mol. The van der Waals surface area contributed by atoms with Gasteiger partial charge in [0.05, 0.1) is 17.3 Å². The molecule has 0 radical (unpaired) electrons. The third-order valence-corrected chi connectivity index (χ3v) is 7.74. The summed E-state index contributed by atoms with van der Waals surface area (Å²) in [6.45, 7) is 10.4. The van der Waals surface area contributed by atoms with Gasteiger partial charge in [0, 0.05) is 5.25 Å². The van der Waals surface area contributed by atoms with Gasteiger partial charge in [0.15, 0.2) is 5.12 Å². The van der Waals surface area contributed by atoms with Gasteiger partial charge in [-0.25, -0.2) is 4.79 Å². The fraction of sp³-hybridized carbons (Fsp3) is 0.312. The molecule has 2 unspecified atom stereocenters. The van der Waals surface area contributed by atoms with Crippen LogP contribution in [-0.2, 0) is 17.6 Å². The highest BCUT2D eigenvalue weighted by atomic mass is 32.2. The summed E-state index contributed by atoms with van der Waals surface area (Å²) in [5.74, 6) is 0.379. The molecule has 5 heteroatoms. The standard InChI is InChI=1S/C28H30N2O2S.C4H8/c1-18(2)16-20-12-14-21(15-13-20)19(3)27(31)33-26-17-22-8-4-6-10-24(22)30(28(29)32)25-11-7-5-9-23(25)26;1-3-4-2/h4-15,18-19,26H,16-17H2,1-3H3,(H2,29,32);3-4H,1-2H3/b;4-3-. The topological polar surface area (TPSA) is 63.4 Å². The Bertz CT molecular complexity index is 1230. The highest BCUT2D eigenvalue weighted by Gasteiger charge is 2.31. The minimum atomic E-state index is -0.526. The summed E-state index contributed by atoms with van der Waals surface area (Å²) in [7, 11) is 0. The zero-order valence-electron chi connectivity index (χ0n) is 22.5. The van der Waals surface area contributed by atoms with Gasteiger partial charge in [0.1, 0.15) is 0 Å². The second-order valence-electron chi connectivity index (χ2n) is 9.72. The molecule has 37 heavy (non-hydrogen) atoms. The second-order valence-corrected chi connectivity index (χ2v) is 10.9. The van der Waals surface area contributed by atoms with E-state index in [1.165, 1.54) is 17.3 Å². The summed E-state index contributed by atoms with van der Waals surface area (Å²) < 4.78 is 0. The summed E-state index contributed by atoms with van der Waals surface area (Å²) in [5, 5.41) is 0.0123. The number of carbonyl (C=O) groups is 2. The van der Waals surface area contributed by atoms with Crippen LogP contribution in [-0.4, -0.2) is 11.1 Å². The van der Waals surface area contributed by atoms with E-state index in [-0.39, 0.29) is 16.3 Å². The van der Waals surface area contributed by atoms with Gasteiger partial charge in [0.25, 0.3) is 0 Å². The number of carbonyl (C=O) groups excluding carboxylic acids is 2. The maximum absolute atomic E-state index is 13.4. The Labute approximate surface area is 226 Å². The van der Waals surface area contributed by atoms with Crippen LogP contribution >= 0.6 is 11.8 Å². The number of hydrogen-bond donors (Lipinski definition) is 1. The molecule has 194 valence electrons. The van der Waals surface area contributed by atoms with Crippen molar-refractivity contribution in [3.63, 3.8) is 0 Å². The molecule has 0 aliphatic carbocycles. The molecule has 4 rings (SSSR count). The van der Waals surface area contributed by atoms with Crippen LogP contribution in [0.4, 0.5) is 16.2 Å². The summed E-state index contributed by atoms with van der Waals surface area (Å²) in [4.78, 5) is 27.4. The molecule has 0 saturated heterocycles. The summed E-state index contributed by atoms with van der Waals surface area (Å²) >= 11 is 1.35. The Morgan fingerprint density at radius 3 is 2.11 bits per heavy atom. The molecule has 3 aromatic carbocycles. The molecule has 2 atom stereocenters. The van der Waals surface area contributed by atoms with E-state index < -0.39 is 6.03 Å². The average Bonchev–Trinajstić information content (AvgIpc) is 3.03. The smallest absolute Gasteiger partial charge is 0.323 e. The lowest BCUT2D eigenvalue weighted by Gasteiger charge is -2.23. The first-order valence-electron chi connectivity index (χ1n) is 12.9. The van der Waals surface area contributed by atoms with Gasteiger partial charge < -0.3 is 5.73 Å². The number of para-hydroxylation sites is 2. The average molecular weight is 515 g/mol. The van der Waals surface area contributed by atoms with Gasteiger partial charge in [-0.2, -0.15) is 0 Å². The van der Waals surface area contributed by atoms with E-state index in [1.54, 1.807) is 4.90 Å². The molecule has 2 N–H and O–H groups in total. The zero-order chi connectivity index (χ0) is 26.9. The van der Waals surface area contributed by atoms with E-state index in [0.29, 0.717) is 12.3 Å². The Morgan fingerprint density at radius 1 is 0.919 bits per heavy atom. The molecular formula is C32H38N2O2S. The van der Waals surface area contributed by atoms with Crippen molar-refractivity contribution in [3.05, 3.63) is 107 Å². The van der Waals surface area contributed by atoms with E-state index in [4.69, 9.17) is 5.73 Å². The van der Waals surface area contributed by atoms with Gasteiger partial charge >= 0.3 is 6.03 Å². The van der Waals surface area contributed by atoms with Crippen LogP contribution in [0.5, 0.6) is 0 Å². The first-order valence-corrected chi connectivity index (χ1v) is 13.8. The third-order valence-electron chi connectivity index (χ3n) is 6.45. The van der Waals surface area contributed by atoms with Gasteiger partial charge in [0.2, 0.25) is 0 Å². The van der Waals surface area contributed by atoms with Crippen molar-refractivity contribution in [2.45, 2.75) is 58.6 Å². The molecule has 0 bridgehead atoms. The summed E-state index contributed by atoms with van der Waals surface area (Å²) in [5.41, 5.74) is 11.6. The maximum Gasteiger partial charge on any atom is 0.323 e. The largest absolute Gasteiger partial charge is 0.351 e. The van der Waals surface area contributed by atoms with Gasteiger partial charge in [-0.15, -0.1) is 0 Å². The summed E-state index contributed by atoms with van der Waals surface area (Å²) in [6.07, 6.45) is 5.68. The lowest BCUT2D eigenvalue weighted by molar-refractivity contribution is -0.112. The Kier molecular flexibility index (Phi) is 10.2. The third kappa shape index (κ3) is 7.14. The van der Waals surface area contributed by atoms with Gasteiger partial charge in [-0.1, -0.05) is 105 Å². The predicted molar refractivity (Wildman–Crippen MR) is 158 cm³/mol. The molecule has 1 aliphatic heterocycles. The number of rotatable bonds is 5. The number of urea groups is 1. The molecule has 0 spiro atoms. The molecule has 0 saturated carbocycles. The number of anilines is 2. The van der Waals surface area contributed by atoms with Crippen LogP contribution in [0.15, 0.2) is 84.9 Å². The maximum atomic E-state index is 13.4. The Hall–Kier alpha value is -3.31. The Balaban J connectivity index is 0.000000886. The highest BCUT2D eigenvalue weighted by Crippen LogP contribution is 2.46. The van der Waals surface area contributed by atoms with Crippen LogP contribution in [0.1, 0.15) is 68.0 Å². The van der Waals surface area contributed by atoms with Crippen molar-refractivity contribution in [2.75, 3.05) is 4.90 Å². The molecule has 3 aromatic rings.